The van der Waals surface area contributed by atoms with Gasteiger partial charge in [-0.1, -0.05) is 0 Å². The predicted molar refractivity (Wildman–Crippen MR) is 105 cm³/mol. The Hall–Kier alpha value is -1.46. The van der Waals surface area contributed by atoms with Gasteiger partial charge in [0.15, 0.2) is 0 Å². The summed E-state index contributed by atoms with van der Waals surface area (Å²) in [5.74, 6) is 2.70. The molecule has 1 aromatic carbocycles. The fourth-order valence-corrected chi connectivity index (χ4v) is 3.94. The van der Waals surface area contributed by atoms with E-state index >= 15 is 0 Å². The lowest BCUT2D eigenvalue weighted by molar-refractivity contribution is -0.134. The quantitative estimate of drug-likeness (QED) is 0.821. The maximum Gasteiger partial charge on any atom is 0.239 e. The summed E-state index contributed by atoms with van der Waals surface area (Å²) in [7, 11) is 3.37. The van der Waals surface area contributed by atoms with Crippen LogP contribution in [0.15, 0.2) is 18.2 Å². The number of benzene rings is 1. The zero-order valence-electron chi connectivity index (χ0n) is 15.8. The zero-order chi connectivity index (χ0) is 17.6. The number of rotatable bonds is 6. The van der Waals surface area contributed by atoms with Crippen LogP contribution in [0.2, 0.25) is 0 Å². The van der Waals surface area contributed by atoms with Gasteiger partial charge in [-0.05, 0) is 68.7 Å². The first-order valence-electron chi connectivity index (χ1n) is 9.43. The lowest BCUT2D eigenvalue weighted by Gasteiger charge is -2.33. The molecule has 1 N–H and O–H groups in total. The number of nitrogens with zero attached hydrogens (tertiary/aromatic N) is 1. The molecule has 5 nitrogen and oxygen atoms in total. The lowest BCUT2D eigenvalue weighted by atomic mass is 9.90. The monoisotopic (exact) mass is 382 g/mol. The van der Waals surface area contributed by atoms with Crippen LogP contribution in [-0.2, 0) is 11.2 Å². The Morgan fingerprint density at radius 2 is 1.77 bits per heavy atom. The molecule has 6 heteroatoms. The van der Waals surface area contributed by atoms with E-state index in [9.17, 15) is 4.79 Å². The van der Waals surface area contributed by atoms with Crippen LogP contribution < -0.4 is 14.8 Å². The molecule has 1 amide bonds. The number of amides is 1. The highest BCUT2D eigenvalue weighted by Crippen LogP contribution is 2.27. The molecule has 0 radical (unpaired) electrons. The number of ether oxygens (including phenoxy) is 2. The van der Waals surface area contributed by atoms with Gasteiger partial charge in [-0.3, -0.25) is 4.79 Å². The summed E-state index contributed by atoms with van der Waals surface area (Å²) in [6.07, 6.45) is 6.52. The second kappa shape index (κ2) is 10.0. The van der Waals surface area contributed by atoms with Crippen LogP contribution >= 0.6 is 12.4 Å². The Bertz CT molecular complexity index is 560. The number of carbonyl (C=O) groups excluding carboxylic acids is 1. The highest BCUT2D eigenvalue weighted by molar-refractivity contribution is 5.85. The van der Waals surface area contributed by atoms with Crippen molar-refractivity contribution in [3.05, 3.63) is 23.8 Å². The number of likely N-dealkylation sites (tertiary alicyclic amines) is 1. The van der Waals surface area contributed by atoms with Gasteiger partial charge < -0.3 is 19.7 Å². The second-order valence-corrected chi connectivity index (χ2v) is 7.18. The SMILES string of the molecule is COc1cc(CCC2CCN(C(=O)C3CCCN3)CC2)cc(OC)c1.Cl. The molecule has 2 saturated heterocycles. The molecule has 0 saturated carbocycles. The van der Waals surface area contributed by atoms with E-state index in [0.29, 0.717) is 11.8 Å². The Morgan fingerprint density at radius 1 is 1.12 bits per heavy atom. The molecular formula is C20H31ClN2O3. The summed E-state index contributed by atoms with van der Waals surface area (Å²) >= 11 is 0. The van der Waals surface area contributed by atoms with Gasteiger partial charge in [0.05, 0.1) is 20.3 Å². The summed E-state index contributed by atoms with van der Waals surface area (Å²) in [4.78, 5) is 14.5. The third-order valence-corrected chi connectivity index (χ3v) is 5.54. The first-order valence-corrected chi connectivity index (χ1v) is 9.43. The average Bonchev–Trinajstić information content (AvgIpc) is 3.20. The third-order valence-electron chi connectivity index (χ3n) is 5.54. The molecule has 2 fully saturated rings. The van der Waals surface area contributed by atoms with Crippen molar-refractivity contribution in [2.45, 2.75) is 44.6 Å². The van der Waals surface area contributed by atoms with Gasteiger partial charge in [-0.25, -0.2) is 0 Å². The summed E-state index contributed by atoms with van der Waals surface area (Å²) in [5.41, 5.74) is 1.25. The van der Waals surface area contributed by atoms with Gasteiger partial charge in [0, 0.05) is 19.2 Å². The van der Waals surface area contributed by atoms with Gasteiger partial charge in [-0.2, -0.15) is 0 Å². The normalized spacial score (nSPS) is 20.5. The summed E-state index contributed by atoms with van der Waals surface area (Å²) in [5, 5.41) is 3.32. The molecular weight excluding hydrogens is 352 g/mol. The van der Waals surface area contributed by atoms with Crippen molar-refractivity contribution in [2.75, 3.05) is 33.9 Å². The highest BCUT2D eigenvalue weighted by Gasteiger charge is 2.29. The Morgan fingerprint density at radius 3 is 2.31 bits per heavy atom. The van der Waals surface area contributed by atoms with Crippen LogP contribution in [0, 0.1) is 5.92 Å². The maximum atomic E-state index is 12.5. The highest BCUT2D eigenvalue weighted by atomic mass is 35.5. The van der Waals surface area contributed by atoms with E-state index in [1.807, 2.05) is 6.07 Å². The minimum Gasteiger partial charge on any atom is -0.497 e. The van der Waals surface area contributed by atoms with Crippen molar-refractivity contribution in [1.82, 2.24) is 10.2 Å². The van der Waals surface area contributed by atoms with E-state index in [2.05, 4.69) is 22.3 Å². The molecule has 26 heavy (non-hydrogen) atoms. The maximum absolute atomic E-state index is 12.5. The van der Waals surface area contributed by atoms with E-state index in [1.54, 1.807) is 14.2 Å². The van der Waals surface area contributed by atoms with Crippen LogP contribution in [0.3, 0.4) is 0 Å². The standard InChI is InChI=1S/C20H30N2O3.ClH/c1-24-17-12-16(13-18(14-17)25-2)6-5-15-7-10-22(11-8-15)20(23)19-4-3-9-21-19;/h12-15,19,21H,3-11H2,1-2H3;1H. The lowest BCUT2D eigenvalue weighted by Crippen LogP contribution is -2.47. The smallest absolute Gasteiger partial charge is 0.239 e. The molecule has 1 aromatic rings. The molecule has 0 aliphatic carbocycles. The largest absolute Gasteiger partial charge is 0.497 e. The molecule has 2 aliphatic heterocycles. The number of aryl methyl sites for hydroxylation is 1. The van der Waals surface area contributed by atoms with Crippen LogP contribution in [0.5, 0.6) is 11.5 Å². The topological polar surface area (TPSA) is 50.8 Å². The molecule has 0 spiro atoms. The minimum atomic E-state index is 0. The van der Waals surface area contributed by atoms with E-state index < -0.39 is 0 Å². The molecule has 146 valence electrons. The van der Waals surface area contributed by atoms with E-state index in [1.165, 1.54) is 5.56 Å². The first-order chi connectivity index (χ1) is 12.2. The number of hydrogen-bond acceptors (Lipinski definition) is 4. The summed E-state index contributed by atoms with van der Waals surface area (Å²) in [6.45, 7) is 2.79. The van der Waals surface area contributed by atoms with Crippen molar-refractivity contribution in [3.8, 4) is 11.5 Å². The Kier molecular flexibility index (Phi) is 8.04. The van der Waals surface area contributed by atoms with Gasteiger partial charge in [0.2, 0.25) is 5.91 Å². The fraction of sp³-hybridized carbons (Fsp3) is 0.650. The van der Waals surface area contributed by atoms with Gasteiger partial charge in [-0.15, -0.1) is 12.4 Å². The van der Waals surface area contributed by atoms with Crippen LogP contribution in [0.25, 0.3) is 0 Å². The molecule has 1 atom stereocenters. The summed E-state index contributed by atoms with van der Waals surface area (Å²) < 4.78 is 10.7. The van der Waals surface area contributed by atoms with E-state index in [0.717, 1.165) is 69.7 Å². The Labute approximate surface area is 162 Å². The van der Waals surface area contributed by atoms with Crippen molar-refractivity contribution in [3.63, 3.8) is 0 Å². The Balaban J connectivity index is 0.00000243. The van der Waals surface area contributed by atoms with Gasteiger partial charge in [0.25, 0.3) is 0 Å². The van der Waals surface area contributed by atoms with E-state index in [-0.39, 0.29) is 18.4 Å². The minimum absolute atomic E-state index is 0. The number of halogens is 1. The molecule has 0 bridgehead atoms. The van der Waals surface area contributed by atoms with E-state index in [4.69, 9.17) is 9.47 Å². The first kappa shape index (κ1) is 20.8. The van der Waals surface area contributed by atoms with Crippen LogP contribution in [0.4, 0.5) is 0 Å². The zero-order valence-corrected chi connectivity index (χ0v) is 16.6. The van der Waals surface area contributed by atoms with Crippen molar-refractivity contribution < 1.29 is 14.3 Å². The summed E-state index contributed by atoms with van der Waals surface area (Å²) in [6, 6.07) is 6.16. The van der Waals surface area contributed by atoms with Crippen molar-refractivity contribution in [2.24, 2.45) is 5.92 Å². The molecule has 3 rings (SSSR count). The van der Waals surface area contributed by atoms with Crippen molar-refractivity contribution >= 4 is 18.3 Å². The number of piperidine rings is 1. The van der Waals surface area contributed by atoms with Gasteiger partial charge in [0.1, 0.15) is 11.5 Å². The van der Waals surface area contributed by atoms with Crippen LogP contribution in [0.1, 0.15) is 37.7 Å². The third kappa shape index (κ3) is 5.27. The van der Waals surface area contributed by atoms with Crippen molar-refractivity contribution in [1.29, 1.82) is 0 Å². The number of hydrogen-bond donors (Lipinski definition) is 1. The number of carbonyl (C=O) groups is 1. The number of methoxy groups -OCH3 is 2. The molecule has 2 aliphatic rings. The molecule has 1 unspecified atom stereocenters. The van der Waals surface area contributed by atoms with Crippen LogP contribution in [-0.4, -0.2) is 50.7 Å². The fourth-order valence-electron chi connectivity index (χ4n) is 3.94. The van der Waals surface area contributed by atoms with Gasteiger partial charge >= 0.3 is 0 Å². The number of nitrogens with one attached hydrogen (secondary N) is 1. The predicted octanol–water partition coefficient (Wildman–Crippen LogP) is 3.05. The molecule has 0 aromatic heterocycles. The second-order valence-electron chi connectivity index (χ2n) is 7.18. The average molecular weight is 383 g/mol. The molecule has 2 heterocycles.